The molecule has 1 aliphatic heterocycles. The van der Waals surface area contributed by atoms with Gasteiger partial charge >= 0.3 is 0 Å². The minimum atomic E-state index is -0.921. The second-order valence-electron chi connectivity index (χ2n) is 8.20. The summed E-state index contributed by atoms with van der Waals surface area (Å²) in [6.45, 7) is 0.312. The SMILES string of the molecule is NC(=O)[C@H](Cc1c[nH]c2ccccc12)NC(=O)c1cccc2c1OCCC2NC(=O)[C@@H](N)CS. The van der Waals surface area contributed by atoms with Gasteiger partial charge in [0.25, 0.3) is 5.91 Å². The zero-order valence-electron chi connectivity index (χ0n) is 18.4. The lowest BCUT2D eigenvalue weighted by atomic mass is 9.96. The third kappa shape index (κ3) is 4.87. The van der Waals surface area contributed by atoms with E-state index in [1.807, 2.05) is 30.5 Å². The van der Waals surface area contributed by atoms with E-state index in [1.54, 1.807) is 18.2 Å². The van der Waals surface area contributed by atoms with Crippen LogP contribution in [0.5, 0.6) is 5.75 Å². The number of aromatic nitrogens is 1. The number of fused-ring (bicyclic) bond motifs is 2. The highest BCUT2D eigenvalue weighted by molar-refractivity contribution is 7.80. The zero-order valence-corrected chi connectivity index (χ0v) is 19.3. The van der Waals surface area contributed by atoms with Gasteiger partial charge in [-0.05, 0) is 17.7 Å². The molecular formula is C24H27N5O4S. The Labute approximate surface area is 202 Å². The van der Waals surface area contributed by atoms with E-state index in [4.69, 9.17) is 16.2 Å². The summed E-state index contributed by atoms with van der Waals surface area (Å²) in [6.07, 6.45) is 2.58. The number of carbonyl (C=O) groups excluding carboxylic acids is 3. The lowest BCUT2D eigenvalue weighted by Crippen LogP contribution is -2.46. The average molecular weight is 482 g/mol. The molecule has 0 radical (unpaired) electrons. The van der Waals surface area contributed by atoms with Gasteiger partial charge in [-0.2, -0.15) is 12.6 Å². The van der Waals surface area contributed by atoms with Crippen molar-refractivity contribution in [2.75, 3.05) is 12.4 Å². The van der Waals surface area contributed by atoms with Crippen LogP contribution in [-0.4, -0.2) is 47.1 Å². The Morgan fingerprint density at radius 2 is 1.97 bits per heavy atom. The lowest BCUT2D eigenvalue weighted by molar-refractivity contribution is -0.123. The number of hydrogen-bond acceptors (Lipinski definition) is 6. The van der Waals surface area contributed by atoms with Crippen molar-refractivity contribution >= 4 is 41.3 Å². The summed E-state index contributed by atoms with van der Waals surface area (Å²) in [7, 11) is 0. The minimum Gasteiger partial charge on any atom is -0.492 e. The van der Waals surface area contributed by atoms with Crippen molar-refractivity contribution in [2.24, 2.45) is 11.5 Å². The third-order valence-electron chi connectivity index (χ3n) is 5.92. The number of rotatable bonds is 8. The van der Waals surface area contributed by atoms with Crippen LogP contribution in [-0.2, 0) is 16.0 Å². The molecule has 0 fully saturated rings. The first-order valence-electron chi connectivity index (χ1n) is 11.0. The molecule has 7 N–H and O–H groups in total. The molecule has 2 heterocycles. The van der Waals surface area contributed by atoms with E-state index in [1.165, 1.54) is 0 Å². The minimum absolute atomic E-state index is 0.218. The molecular weight excluding hydrogens is 454 g/mol. The molecule has 0 saturated carbocycles. The molecule has 3 amide bonds. The van der Waals surface area contributed by atoms with Crippen LogP contribution in [0.3, 0.4) is 0 Å². The summed E-state index contributed by atoms with van der Waals surface area (Å²) in [6, 6.07) is 10.8. The van der Waals surface area contributed by atoms with Crippen LogP contribution >= 0.6 is 12.6 Å². The van der Waals surface area contributed by atoms with Crippen molar-refractivity contribution in [3.8, 4) is 5.75 Å². The van der Waals surface area contributed by atoms with Crippen molar-refractivity contribution < 1.29 is 19.1 Å². The van der Waals surface area contributed by atoms with Crippen LogP contribution in [0, 0.1) is 0 Å². The van der Waals surface area contributed by atoms with Crippen molar-refractivity contribution in [3.05, 3.63) is 65.4 Å². The highest BCUT2D eigenvalue weighted by Crippen LogP contribution is 2.35. The third-order valence-corrected chi connectivity index (χ3v) is 6.31. The largest absolute Gasteiger partial charge is 0.492 e. The van der Waals surface area contributed by atoms with Gasteiger partial charge in [0.15, 0.2) is 0 Å². The first-order valence-corrected chi connectivity index (χ1v) is 11.6. The molecule has 4 rings (SSSR count). The Morgan fingerprint density at radius 3 is 2.74 bits per heavy atom. The molecule has 2 aromatic carbocycles. The number of benzene rings is 2. The topological polar surface area (TPSA) is 152 Å². The van der Waals surface area contributed by atoms with E-state index >= 15 is 0 Å². The molecule has 1 aromatic heterocycles. The zero-order chi connectivity index (χ0) is 24.2. The maximum absolute atomic E-state index is 13.2. The first kappa shape index (κ1) is 23.7. The van der Waals surface area contributed by atoms with Crippen LogP contribution in [0.2, 0.25) is 0 Å². The van der Waals surface area contributed by atoms with Gasteiger partial charge in [0, 0.05) is 41.3 Å². The maximum Gasteiger partial charge on any atom is 0.255 e. The van der Waals surface area contributed by atoms with Gasteiger partial charge in [0.1, 0.15) is 11.8 Å². The Balaban J connectivity index is 1.55. The van der Waals surface area contributed by atoms with Gasteiger partial charge in [0.2, 0.25) is 11.8 Å². The highest BCUT2D eigenvalue weighted by Gasteiger charge is 2.29. The number of aromatic amines is 1. The molecule has 10 heteroatoms. The molecule has 34 heavy (non-hydrogen) atoms. The second kappa shape index (κ2) is 10.2. The van der Waals surface area contributed by atoms with Crippen LogP contribution in [0.1, 0.15) is 33.9 Å². The molecule has 9 nitrogen and oxygen atoms in total. The summed E-state index contributed by atoms with van der Waals surface area (Å²) in [5.74, 6) is -0.869. The van der Waals surface area contributed by atoms with Crippen LogP contribution in [0.4, 0.5) is 0 Å². The lowest BCUT2D eigenvalue weighted by Gasteiger charge is -2.29. The Kier molecular flexibility index (Phi) is 7.09. The van der Waals surface area contributed by atoms with E-state index in [2.05, 4.69) is 28.2 Å². The number of para-hydroxylation sites is 2. The number of amides is 3. The molecule has 3 aromatic rings. The number of primary amides is 1. The molecule has 0 bridgehead atoms. The average Bonchev–Trinajstić information content (AvgIpc) is 3.25. The van der Waals surface area contributed by atoms with Crippen molar-refractivity contribution in [1.82, 2.24) is 15.6 Å². The van der Waals surface area contributed by atoms with Crippen molar-refractivity contribution in [1.29, 1.82) is 0 Å². The number of nitrogens with two attached hydrogens (primary N) is 2. The number of nitrogens with one attached hydrogen (secondary N) is 3. The van der Waals surface area contributed by atoms with Gasteiger partial charge in [0.05, 0.1) is 24.3 Å². The first-order chi connectivity index (χ1) is 16.4. The van der Waals surface area contributed by atoms with E-state index in [0.717, 1.165) is 16.5 Å². The summed E-state index contributed by atoms with van der Waals surface area (Å²) in [5, 5.41) is 6.60. The number of hydrogen-bond donors (Lipinski definition) is 6. The molecule has 0 spiro atoms. The van der Waals surface area contributed by atoms with Gasteiger partial charge in [-0.25, -0.2) is 0 Å². The Bertz CT molecular complexity index is 1230. The standard InChI is InChI=1S/C24H27N5O4S/c25-17(12-34)24(32)28-19-8-9-33-21-15(19)5-3-6-16(21)23(31)29-20(22(26)30)10-13-11-27-18-7-2-1-4-14(13)18/h1-7,11,17,19-20,27,34H,8-10,12,25H2,(H2,26,30)(H,28,32)(H,29,31)/t17-,19?,20-/m0/s1. The Hall–Kier alpha value is -3.50. The van der Waals surface area contributed by atoms with Gasteiger partial charge in [-0.15, -0.1) is 0 Å². The number of ether oxygens (including phenoxy) is 1. The molecule has 0 saturated heterocycles. The van der Waals surface area contributed by atoms with E-state index in [-0.39, 0.29) is 29.7 Å². The summed E-state index contributed by atoms with van der Waals surface area (Å²) in [5.41, 5.74) is 14.1. The summed E-state index contributed by atoms with van der Waals surface area (Å²) < 4.78 is 5.80. The maximum atomic E-state index is 13.2. The summed E-state index contributed by atoms with van der Waals surface area (Å²) in [4.78, 5) is 40.8. The van der Waals surface area contributed by atoms with Crippen molar-refractivity contribution in [2.45, 2.75) is 31.0 Å². The number of H-pyrrole nitrogens is 1. The van der Waals surface area contributed by atoms with Gasteiger partial charge in [-0.3, -0.25) is 14.4 Å². The second-order valence-corrected chi connectivity index (χ2v) is 8.57. The molecule has 1 unspecified atom stereocenters. The highest BCUT2D eigenvalue weighted by atomic mass is 32.1. The quantitative estimate of drug-likeness (QED) is 0.267. The smallest absolute Gasteiger partial charge is 0.255 e. The molecule has 0 aliphatic carbocycles. The normalized spacial score (nSPS) is 16.7. The Morgan fingerprint density at radius 1 is 1.18 bits per heavy atom. The number of carbonyl (C=O) groups is 3. The van der Waals surface area contributed by atoms with Crippen molar-refractivity contribution in [3.63, 3.8) is 0 Å². The monoisotopic (exact) mass is 481 g/mol. The van der Waals surface area contributed by atoms with E-state index < -0.39 is 23.9 Å². The fraction of sp³-hybridized carbons (Fsp3) is 0.292. The van der Waals surface area contributed by atoms with Crippen LogP contribution in [0.25, 0.3) is 10.9 Å². The fourth-order valence-corrected chi connectivity index (χ4v) is 4.26. The fourth-order valence-electron chi connectivity index (χ4n) is 4.09. The molecule has 1 aliphatic rings. The van der Waals surface area contributed by atoms with E-state index in [9.17, 15) is 14.4 Å². The predicted molar refractivity (Wildman–Crippen MR) is 132 cm³/mol. The van der Waals surface area contributed by atoms with Gasteiger partial charge < -0.3 is 31.8 Å². The van der Waals surface area contributed by atoms with E-state index in [0.29, 0.717) is 24.3 Å². The summed E-state index contributed by atoms with van der Waals surface area (Å²) >= 11 is 4.07. The van der Waals surface area contributed by atoms with Crippen LogP contribution in [0.15, 0.2) is 48.7 Å². The van der Waals surface area contributed by atoms with Gasteiger partial charge in [-0.1, -0.05) is 30.3 Å². The predicted octanol–water partition coefficient (Wildman–Crippen LogP) is 1.19. The molecule has 178 valence electrons. The van der Waals surface area contributed by atoms with Crippen LogP contribution < -0.4 is 26.8 Å². The molecule has 3 atom stereocenters. The number of thiol groups is 1.